The lowest BCUT2D eigenvalue weighted by Crippen LogP contribution is -2.46. The van der Waals surface area contributed by atoms with Crippen molar-refractivity contribution in [2.45, 2.75) is 143 Å². The van der Waals surface area contributed by atoms with E-state index >= 15 is 0 Å². The summed E-state index contributed by atoms with van der Waals surface area (Å²) in [6.07, 6.45) is 24.4. The molecule has 4 aliphatic carbocycles. The van der Waals surface area contributed by atoms with Crippen molar-refractivity contribution in [2.75, 3.05) is 0 Å². The SMILES string of the molecule is C[Si](C)(C)C=CC(C=C[Si](C)(C)C)=Cc1cn(Cc2ccccc2)c(=O)[nH]c1=O.C[Si](C)(C)C=Cc1cn(C(c2ccccc2)c2ccccc2)c(=O)[nH]c1=O.C[Si](C)(C)C=Cc1cn(CCC23CC4CC(CC(C4)C2)C3)c(=O)[nH]c1=O. The molecule has 3 N–H and O–H groups in total. The molecule has 3 aromatic heterocycles. The third kappa shape index (κ3) is 18.9. The fourth-order valence-corrected chi connectivity index (χ4v) is 14.3. The van der Waals surface area contributed by atoms with Gasteiger partial charge in [-0.3, -0.25) is 43.0 Å². The minimum Gasteiger partial charge on any atom is -0.300 e. The first kappa shape index (κ1) is 62.9. The van der Waals surface area contributed by atoms with Crippen LogP contribution < -0.4 is 33.7 Å². The zero-order chi connectivity index (χ0) is 59.6. The molecule has 0 unspecified atom stereocenters. The Morgan fingerprint density at radius 1 is 0.500 bits per heavy atom. The molecule has 3 aromatic carbocycles. The van der Waals surface area contributed by atoms with Gasteiger partial charge >= 0.3 is 17.1 Å². The van der Waals surface area contributed by atoms with Crippen molar-refractivity contribution >= 4 is 50.5 Å². The molecular formula is C66H88N6O6Si4. The van der Waals surface area contributed by atoms with E-state index in [-0.39, 0.29) is 28.4 Å². The standard InChI is InChI=1S/C23H32N2O2Si2.C22H24N2O2Si.C21H32N2O2Si/c1-28(2,3)14-12-19(13-15-29(4,5)6)16-21-18-25(23(27)24-22(21)26)17-20-10-8-7-9-11-20;1-27(2,3)15-14-19-16-24(22(26)23-21(19)25)20(17-10-6-4-7-11-17)18-12-8-5-9-13-18;1-26(2,3)7-4-18-14-23(20(25)22-19(18)24)6-5-21-11-15-8-16(12-21)10-17(9-15)13-21/h7-16,18H,17H2,1-6H3,(H,24,26,27);4-16,20H,1-3H3,(H,23,25,26);4,7,14-17H,5-6,8-13H2,1-3H3,(H,22,24,25). The minimum atomic E-state index is -1.47. The molecule has 6 aromatic rings. The van der Waals surface area contributed by atoms with Gasteiger partial charge in [-0.05, 0) is 96.5 Å². The average Bonchev–Trinajstić information content (AvgIpc) is 2.04. The van der Waals surface area contributed by atoms with Gasteiger partial charge < -0.3 is 0 Å². The van der Waals surface area contributed by atoms with Crippen molar-refractivity contribution in [1.29, 1.82) is 0 Å². The third-order valence-electron chi connectivity index (χ3n) is 15.2. The van der Waals surface area contributed by atoms with E-state index in [1.165, 1.54) is 38.5 Å². The van der Waals surface area contributed by atoms with Crippen molar-refractivity contribution in [1.82, 2.24) is 28.7 Å². The highest BCUT2D eigenvalue weighted by molar-refractivity contribution is 6.82. The Hall–Kier alpha value is -6.73. The molecule has 82 heavy (non-hydrogen) atoms. The molecule has 4 fully saturated rings. The van der Waals surface area contributed by atoms with Gasteiger partial charge in [0.15, 0.2) is 0 Å². The lowest BCUT2D eigenvalue weighted by molar-refractivity contribution is -0.0593. The molecule has 0 spiro atoms. The van der Waals surface area contributed by atoms with Crippen molar-refractivity contribution in [3.05, 3.63) is 246 Å². The minimum absolute atomic E-state index is 0.259. The molecule has 4 bridgehead atoms. The monoisotopic (exact) mass is 1170 g/mol. The highest BCUT2D eigenvalue weighted by atomic mass is 28.3. The zero-order valence-corrected chi connectivity index (χ0v) is 54.6. The van der Waals surface area contributed by atoms with Gasteiger partial charge in [-0.2, -0.15) is 0 Å². The van der Waals surface area contributed by atoms with Crippen molar-refractivity contribution in [3.63, 3.8) is 0 Å². The first-order valence-corrected chi connectivity index (χ1v) is 43.5. The Balaban J connectivity index is 0.000000177. The van der Waals surface area contributed by atoms with Gasteiger partial charge in [0.05, 0.1) is 61.6 Å². The quantitative estimate of drug-likeness (QED) is 0.0608. The van der Waals surface area contributed by atoms with E-state index in [1.54, 1.807) is 32.3 Å². The highest BCUT2D eigenvalue weighted by Gasteiger charge is 2.50. The summed E-state index contributed by atoms with van der Waals surface area (Å²) in [7, 11) is -5.61. The summed E-state index contributed by atoms with van der Waals surface area (Å²) in [5.74, 6) is 2.80. The third-order valence-corrected chi connectivity index (χ3v) is 19.9. The second-order valence-electron chi connectivity index (χ2n) is 27.6. The number of benzene rings is 3. The summed E-state index contributed by atoms with van der Waals surface area (Å²) in [5.41, 5.74) is 12.7. The van der Waals surface area contributed by atoms with Gasteiger partial charge in [-0.15, -0.1) is 0 Å². The van der Waals surface area contributed by atoms with E-state index in [9.17, 15) is 28.8 Å². The van der Waals surface area contributed by atoms with E-state index in [0.29, 0.717) is 28.7 Å². The fourth-order valence-electron chi connectivity index (χ4n) is 11.6. The number of H-pyrrole nitrogens is 3. The Morgan fingerprint density at radius 3 is 1.34 bits per heavy atom. The number of hydrogen-bond acceptors (Lipinski definition) is 6. The molecule has 4 aliphatic rings. The summed E-state index contributed by atoms with van der Waals surface area (Å²) in [6, 6.07) is 29.1. The summed E-state index contributed by atoms with van der Waals surface area (Å²) >= 11 is 0. The van der Waals surface area contributed by atoms with Crippen molar-refractivity contribution in [2.24, 2.45) is 23.2 Å². The molecule has 0 atom stereocenters. The Bertz CT molecular complexity index is 3570. The van der Waals surface area contributed by atoms with Crippen molar-refractivity contribution in [3.8, 4) is 0 Å². The molecule has 434 valence electrons. The lowest BCUT2D eigenvalue weighted by Gasteiger charge is -2.57. The number of nitrogens with zero attached hydrogens (tertiary/aromatic N) is 3. The smallest absolute Gasteiger partial charge is 0.300 e. The maximum absolute atomic E-state index is 12.7. The van der Waals surface area contributed by atoms with Crippen molar-refractivity contribution < 1.29 is 0 Å². The summed E-state index contributed by atoms with van der Waals surface area (Å²) < 4.78 is 4.89. The van der Waals surface area contributed by atoms with Crippen LogP contribution >= 0.6 is 0 Å². The Morgan fingerprint density at radius 2 is 0.890 bits per heavy atom. The molecule has 12 nitrogen and oxygen atoms in total. The van der Waals surface area contributed by atoms with Crippen LogP contribution in [0.15, 0.2) is 179 Å². The summed E-state index contributed by atoms with van der Waals surface area (Å²) in [5, 5.41) is 0. The molecule has 16 heteroatoms. The maximum atomic E-state index is 12.7. The number of nitrogens with one attached hydrogen (secondary N) is 3. The van der Waals surface area contributed by atoms with E-state index in [0.717, 1.165) is 53.0 Å². The number of hydrogen-bond donors (Lipinski definition) is 3. The maximum Gasteiger partial charge on any atom is 0.329 e. The van der Waals surface area contributed by atoms with Gasteiger partial charge in [-0.25, -0.2) is 14.4 Å². The molecule has 10 rings (SSSR count). The van der Waals surface area contributed by atoms with Gasteiger partial charge in [0.25, 0.3) is 16.7 Å². The summed E-state index contributed by atoms with van der Waals surface area (Å²) in [6.45, 7) is 28.1. The number of aromatic nitrogens is 6. The van der Waals surface area contributed by atoms with E-state index in [1.807, 2.05) is 109 Å². The molecule has 0 amide bonds. The highest BCUT2D eigenvalue weighted by Crippen LogP contribution is 2.61. The molecule has 3 heterocycles. The Labute approximate surface area is 488 Å². The van der Waals surface area contributed by atoms with Gasteiger partial charge in [-0.1, -0.05) is 217 Å². The molecule has 0 aliphatic heterocycles. The van der Waals surface area contributed by atoms with Crippen LogP contribution in [0.4, 0.5) is 0 Å². The van der Waals surface area contributed by atoms with Gasteiger partial charge in [0.2, 0.25) is 0 Å². The van der Waals surface area contributed by atoms with Gasteiger partial charge in [0, 0.05) is 25.1 Å². The normalized spacial score (nSPS) is 19.0. The zero-order valence-electron chi connectivity index (χ0n) is 50.6. The largest absolute Gasteiger partial charge is 0.329 e. The molecular weight excluding hydrogens is 1090 g/mol. The second-order valence-corrected chi connectivity index (χ2v) is 47.8. The van der Waals surface area contributed by atoms with Crippen LogP contribution in [0, 0.1) is 23.2 Å². The first-order valence-electron chi connectivity index (χ1n) is 29.1. The molecule has 0 saturated heterocycles. The van der Waals surface area contributed by atoms with Crippen LogP contribution in [0.3, 0.4) is 0 Å². The van der Waals surface area contributed by atoms with Crippen LogP contribution in [0.1, 0.15) is 84.4 Å². The predicted octanol–water partition coefficient (Wildman–Crippen LogP) is 12.9. The predicted molar refractivity (Wildman–Crippen MR) is 353 cm³/mol. The summed E-state index contributed by atoms with van der Waals surface area (Å²) in [4.78, 5) is 81.6. The molecule has 4 saturated carbocycles. The van der Waals surface area contributed by atoms with Crippen LogP contribution in [-0.4, -0.2) is 60.9 Å². The topological polar surface area (TPSA) is 165 Å². The average molecular weight is 1170 g/mol. The fraction of sp³-hybridized carbons (Fsp3) is 0.394. The number of aromatic amines is 3. The number of allylic oxidation sites excluding steroid dienone is 3. The Kier molecular flexibility index (Phi) is 20.4. The molecule has 0 radical (unpaired) electrons. The van der Waals surface area contributed by atoms with Crippen LogP contribution in [0.5, 0.6) is 0 Å². The first-order chi connectivity index (χ1) is 38.5. The number of aryl methyl sites for hydroxylation is 1. The van der Waals surface area contributed by atoms with Crippen LogP contribution in [0.25, 0.3) is 18.2 Å². The number of rotatable bonds is 17. The van der Waals surface area contributed by atoms with Crippen LogP contribution in [0.2, 0.25) is 78.6 Å². The van der Waals surface area contributed by atoms with Gasteiger partial charge in [0.1, 0.15) is 0 Å². The lowest BCUT2D eigenvalue weighted by atomic mass is 9.49. The second kappa shape index (κ2) is 26.7. The van der Waals surface area contributed by atoms with Crippen LogP contribution in [-0.2, 0) is 13.1 Å². The van der Waals surface area contributed by atoms with E-state index in [2.05, 4.69) is 128 Å². The van der Waals surface area contributed by atoms with E-state index < -0.39 is 43.7 Å². The van der Waals surface area contributed by atoms with E-state index in [4.69, 9.17) is 0 Å².